The summed E-state index contributed by atoms with van der Waals surface area (Å²) < 4.78 is 5.09. The third kappa shape index (κ3) is 1.99. The summed E-state index contributed by atoms with van der Waals surface area (Å²) in [6.45, 7) is 0. The smallest absolute Gasteiger partial charge is 0.266 e. The number of ether oxygens (including phenoxy) is 1. The second-order valence-electron chi connectivity index (χ2n) is 4.76. The molecule has 2 aromatic rings. The highest BCUT2D eigenvalue weighted by Crippen LogP contribution is 2.34. The molecule has 7 nitrogen and oxygen atoms in total. The first-order valence-electron chi connectivity index (χ1n) is 6.50. The van der Waals surface area contributed by atoms with Gasteiger partial charge in [0.15, 0.2) is 11.6 Å². The highest BCUT2D eigenvalue weighted by Gasteiger charge is 2.39. The molecule has 0 fully saturated rings. The minimum Gasteiger partial charge on any atom is -0.504 e. The van der Waals surface area contributed by atoms with Crippen LogP contribution in [0.15, 0.2) is 36.5 Å². The second kappa shape index (κ2) is 5.12. The molecule has 1 aromatic carbocycles. The van der Waals surface area contributed by atoms with Gasteiger partial charge in [0.1, 0.15) is 11.8 Å². The zero-order valence-electron chi connectivity index (χ0n) is 11.7. The van der Waals surface area contributed by atoms with E-state index in [1.165, 1.54) is 31.5 Å². The van der Waals surface area contributed by atoms with Crippen LogP contribution in [0.25, 0.3) is 0 Å². The van der Waals surface area contributed by atoms with E-state index in [1.54, 1.807) is 12.1 Å². The molecule has 1 unspecified atom stereocenters. The Morgan fingerprint density at radius 2 is 2.09 bits per heavy atom. The number of aromatic hydroxyl groups is 1. The van der Waals surface area contributed by atoms with Gasteiger partial charge in [0.2, 0.25) is 0 Å². The number of aromatic nitrogens is 1. The van der Waals surface area contributed by atoms with Crippen molar-refractivity contribution in [3.05, 3.63) is 47.7 Å². The summed E-state index contributed by atoms with van der Waals surface area (Å²) in [4.78, 5) is 29.7. The fourth-order valence-electron chi connectivity index (χ4n) is 2.37. The fraction of sp³-hybridized carbons (Fsp3) is 0.133. The Morgan fingerprint density at radius 1 is 1.32 bits per heavy atom. The first-order valence-corrected chi connectivity index (χ1v) is 6.50. The van der Waals surface area contributed by atoms with Crippen LogP contribution in [0.2, 0.25) is 0 Å². The standard InChI is InChI=1S/C15H13N3O4/c1-22-8-4-5-9-10(7-8)14(20)18(15(21)12(9)16)13-11(19)3-2-6-17-13/h2-7,12,19H,16H2,1H3. The SMILES string of the molecule is COc1ccc2c(c1)C(=O)N(c1ncccc1O)C(=O)C2N. The van der Waals surface area contributed by atoms with Crippen molar-refractivity contribution in [2.75, 3.05) is 12.0 Å². The minimum absolute atomic E-state index is 0.138. The number of nitrogens with zero attached hydrogens (tertiary/aromatic N) is 2. The molecule has 3 N–H and O–H groups in total. The van der Waals surface area contributed by atoms with Gasteiger partial charge in [-0.2, -0.15) is 0 Å². The van der Waals surface area contributed by atoms with E-state index in [4.69, 9.17) is 10.5 Å². The topological polar surface area (TPSA) is 106 Å². The van der Waals surface area contributed by atoms with Crippen LogP contribution < -0.4 is 15.4 Å². The van der Waals surface area contributed by atoms with Crippen molar-refractivity contribution in [3.63, 3.8) is 0 Å². The first kappa shape index (κ1) is 14.0. The first-order chi connectivity index (χ1) is 10.5. The minimum atomic E-state index is -1.01. The number of anilines is 1. The van der Waals surface area contributed by atoms with Crippen LogP contribution in [0.5, 0.6) is 11.5 Å². The Morgan fingerprint density at radius 3 is 2.77 bits per heavy atom. The van der Waals surface area contributed by atoms with E-state index >= 15 is 0 Å². The van der Waals surface area contributed by atoms with Crippen molar-refractivity contribution in [3.8, 4) is 11.5 Å². The van der Waals surface area contributed by atoms with E-state index < -0.39 is 17.9 Å². The van der Waals surface area contributed by atoms with Gasteiger partial charge < -0.3 is 15.6 Å². The Labute approximate surface area is 125 Å². The molecular formula is C15H13N3O4. The van der Waals surface area contributed by atoms with Crippen LogP contribution in [-0.2, 0) is 4.79 Å². The Kier molecular flexibility index (Phi) is 3.26. The molecule has 1 aliphatic rings. The van der Waals surface area contributed by atoms with Crippen molar-refractivity contribution in [2.45, 2.75) is 6.04 Å². The lowest BCUT2D eigenvalue weighted by Crippen LogP contribution is -2.48. The van der Waals surface area contributed by atoms with Crippen LogP contribution in [0, 0.1) is 0 Å². The summed E-state index contributed by atoms with van der Waals surface area (Å²) in [6, 6.07) is 6.55. The van der Waals surface area contributed by atoms with Crippen LogP contribution in [0.3, 0.4) is 0 Å². The molecule has 0 spiro atoms. The van der Waals surface area contributed by atoms with Gasteiger partial charge in [-0.25, -0.2) is 9.88 Å². The van der Waals surface area contributed by atoms with E-state index in [-0.39, 0.29) is 17.1 Å². The maximum absolute atomic E-state index is 12.6. The highest BCUT2D eigenvalue weighted by atomic mass is 16.5. The predicted molar refractivity (Wildman–Crippen MR) is 77.6 cm³/mol. The second-order valence-corrected chi connectivity index (χ2v) is 4.76. The summed E-state index contributed by atoms with van der Waals surface area (Å²) in [5, 5.41) is 9.86. The quantitative estimate of drug-likeness (QED) is 0.801. The molecule has 22 heavy (non-hydrogen) atoms. The molecule has 1 aromatic heterocycles. The molecule has 1 atom stereocenters. The summed E-state index contributed by atoms with van der Waals surface area (Å²) in [5.41, 5.74) is 6.59. The molecule has 0 radical (unpaired) electrons. The largest absolute Gasteiger partial charge is 0.504 e. The molecule has 1 aliphatic heterocycles. The normalized spacial score (nSPS) is 17.4. The van der Waals surface area contributed by atoms with Gasteiger partial charge in [0, 0.05) is 11.8 Å². The molecule has 2 heterocycles. The third-order valence-corrected chi connectivity index (χ3v) is 3.49. The van der Waals surface area contributed by atoms with E-state index in [0.717, 1.165) is 4.90 Å². The number of amides is 2. The zero-order chi connectivity index (χ0) is 15.9. The van der Waals surface area contributed by atoms with Crippen molar-refractivity contribution in [1.29, 1.82) is 0 Å². The van der Waals surface area contributed by atoms with E-state index in [9.17, 15) is 14.7 Å². The number of carbonyl (C=O) groups excluding carboxylic acids is 2. The lowest BCUT2D eigenvalue weighted by Gasteiger charge is -2.30. The van der Waals surface area contributed by atoms with Gasteiger partial charge in [0.05, 0.1) is 7.11 Å². The van der Waals surface area contributed by atoms with Crippen LogP contribution in [0.4, 0.5) is 5.82 Å². The Balaban J connectivity index is 2.17. The molecule has 0 saturated carbocycles. The number of nitrogens with two attached hydrogens (primary N) is 1. The number of benzene rings is 1. The van der Waals surface area contributed by atoms with Gasteiger partial charge in [-0.05, 0) is 29.8 Å². The summed E-state index contributed by atoms with van der Waals surface area (Å²) >= 11 is 0. The number of rotatable bonds is 2. The maximum atomic E-state index is 12.6. The van der Waals surface area contributed by atoms with Gasteiger partial charge >= 0.3 is 0 Å². The molecule has 7 heteroatoms. The number of pyridine rings is 1. The molecule has 0 bridgehead atoms. The van der Waals surface area contributed by atoms with Crippen molar-refractivity contribution >= 4 is 17.6 Å². The molecule has 0 aliphatic carbocycles. The lowest BCUT2D eigenvalue weighted by atomic mass is 9.94. The van der Waals surface area contributed by atoms with Crippen molar-refractivity contribution in [1.82, 2.24) is 4.98 Å². The van der Waals surface area contributed by atoms with E-state index in [0.29, 0.717) is 11.3 Å². The number of carbonyl (C=O) groups is 2. The fourth-order valence-corrected chi connectivity index (χ4v) is 2.37. The third-order valence-electron chi connectivity index (χ3n) is 3.49. The maximum Gasteiger partial charge on any atom is 0.266 e. The number of methoxy groups -OCH3 is 1. The van der Waals surface area contributed by atoms with E-state index in [1.807, 2.05) is 0 Å². The van der Waals surface area contributed by atoms with Crippen LogP contribution >= 0.6 is 0 Å². The number of fused-ring (bicyclic) bond motifs is 1. The Bertz CT molecular complexity index is 775. The monoisotopic (exact) mass is 299 g/mol. The molecular weight excluding hydrogens is 286 g/mol. The van der Waals surface area contributed by atoms with E-state index in [2.05, 4.69) is 4.98 Å². The van der Waals surface area contributed by atoms with Gasteiger partial charge in [0.25, 0.3) is 11.8 Å². The molecule has 0 saturated heterocycles. The molecule has 3 rings (SSSR count). The van der Waals surface area contributed by atoms with Crippen LogP contribution in [-0.4, -0.2) is 29.0 Å². The van der Waals surface area contributed by atoms with Gasteiger partial charge in [-0.3, -0.25) is 9.59 Å². The zero-order valence-corrected chi connectivity index (χ0v) is 11.7. The van der Waals surface area contributed by atoms with Crippen LogP contribution in [0.1, 0.15) is 22.0 Å². The van der Waals surface area contributed by atoms with Crippen molar-refractivity contribution < 1.29 is 19.4 Å². The van der Waals surface area contributed by atoms with Gasteiger partial charge in [-0.15, -0.1) is 0 Å². The van der Waals surface area contributed by atoms with Gasteiger partial charge in [-0.1, -0.05) is 6.07 Å². The average molecular weight is 299 g/mol. The lowest BCUT2D eigenvalue weighted by molar-refractivity contribution is -0.119. The summed E-state index contributed by atoms with van der Waals surface area (Å²) in [6.07, 6.45) is 1.38. The predicted octanol–water partition coefficient (Wildman–Crippen LogP) is 0.983. The number of hydrogen-bond donors (Lipinski definition) is 2. The van der Waals surface area contributed by atoms with Crippen molar-refractivity contribution in [2.24, 2.45) is 5.73 Å². The number of hydrogen-bond acceptors (Lipinski definition) is 6. The summed E-state index contributed by atoms with van der Waals surface area (Å²) in [5.74, 6) is -1.19. The Hall–Kier alpha value is -2.93. The number of imide groups is 1. The average Bonchev–Trinajstić information content (AvgIpc) is 2.54. The highest BCUT2D eigenvalue weighted by molar-refractivity contribution is 6.26. The summed E-state index contributed by atoms with van der Waals surface area (Å²) in [7, 11) is 1.47. The molecule has 112 valence electrons. The molecule has 2 amide bonds.